The summed E-state index contributed by atoms with van der Waals surface area (Å²) < 4.78 is 10.6. The Bertz CT molecular complexity index is 493. The third kappa shape index (κ3) is 7.28. The second-order valence-electron chi connectivity index (χ2n) is 5.56. The average molecular weight is 435 g/mol. The van der Waals surface area contributed by atoms with Crippen molar-refractivity contribution in [3.63, 3.8) is 0 Å². The van der Waals surface area contributed by atoms with Crippen molar-refractivity contribution in [3.8, 4) is 11.5 Å². The van der Waals surface area contributed by atoms with Gasteiger partial charge >= 0.3 is 0 Å². The van der Waals surface area contributed by atoms with E-state index in [2.05, 4.69) is 43.3 Å². The van der Waals surface area contributed by atoms with Gasteiger partial charge in [0.2, 0.25) is 0 Å². The third-order valence-electron chi connectivity index (χ3n) is 3.58. The largest absolute Gasteiger partial charge is 0.493 e. The van der Waals surface area contributed by atoms with Gasteiger partial charge in [-0.15, -0.1) is 24.0 Å². The fourth-order valence-electron chi connectivity index (χ4n) is 1.85. The van der Waals surface area contributed by atoms with Gasteiger partial charge in [-0.3, -0.25) is 0 Å². The molecule has 1 rings (SSSR count). The first-order valence-corrected chi connectivity index (χ1v) is 7.77. The molecule has 0 aromatic heterocycles. The molecule has 0 aliphatic heterocycles. The summed E-state index contributed by atoms with van der Waals surface area (Å²) in [6, 6.07) is 6.22. The van der Waals surface area contributed by atoms with Crippen LogP contribution in [0.3, 0.4) is 0 Å². The van der Waals surface area contributed by atoms with E-state index in [0.717, 1.165) is 29.6 Å². The van der Waals surface area contributed by atoms with Crippen LogP contribution in [0.15, 0.2) is 23.2 Å². The highest BCUT2D eigenvalue weighted by Gasteiger charge is 2.09. The van der Waals surface area contributed by atoms with E-state index in [4.69, 9.17) is 9.47 Å². The van der Waals surface area contributed by atoms with Gasteiger partial charge in [0.15, 0.2) is 17.5 Å². The predicted molar refractivity (Wildman–Crippen MR) is 107 cm³/mol. The number of hydrogen-bond donors (Lipinski definition) is 2. The summed E-state index contributed by atoms with van der Waals surface area (Å²) >= 11 is 0. The molecule has 2 N–H and O–H groups in total. The average Bonchev–Trinajstić information content (AvgIpc) is 2.52. The zero-order valence-corrected chi connectivity index (χ0v) is 17.3. The van der Waals surface area contributed by atoms with E-state index in [-0.39, 0.29) is 24.0 Å². The first-order valence-electron chi connectivity index (χ1n) is 7.77. The van der Waals surface area contributed by atoms with Gasteiger partial charge in [0, 0.05) is 12.6 Å². The number of rotatable bonds is 7. The van der Waals surface area contributed by atoms with Gasteiger partial charge in [-0.25, -0.2) is 4.99 Å². The molecule has 0 aliphatic carbocycles. The lowest BCUT2D eigenvalue weighted by molar-refractivity contribution is 0.354. The Hall–Kier alpha value is -1.18. The molecule has 132 valence electrons. The number of aliphatic imine (C=N–C) groups is 1. The molecule has 5 nitrogen and oxygen atoms in total. The van der Waals surface area contributed by atoms with E-state index < -0.39 is 0 Å². The molecule has 0 fully saturated rings. The van der Waals surface area contributed by atoms with Crippen molar-refractivity contribution in [3.05, 3.63) is 23.8 Å². The van der Waals surface area contributed by atoms with Crippen LogP contribution in [0, 0.1) is 5.92 Å². The standard InChI is InChI=1S/C17H29N3O2.HI/c1-7-18-17(20-13(4)12(2)3)19-11-14-8-9-15(21-5)16(10-14)22-6;/h8-10,12-13H,7,11H2,1-6H3,(H2,18,19,20);1H. The maximum atomic E-state index is 5.32. The molecule has 0 aliphatic rings. The highest BCUT2D eigenvalue weighted by Crippen LogP contribution is 2.27. The third-order valence-corrected chi connectivity index (χ3v) is 3.58. The lowest BCUT2D eigenvalue weighted by Crippen LogP contribution is -2.44. The van der Waals surface area contributed by atoms with Crippen LogP contribution >= 0.6 is 24.0 Å². The van der Waals surface area contributed by atoms with Crippen molar-refractivity contribution in [1.29, 1.82) is 0 Å². The SMILES string of the molecule is CCNC(=NCc1ccc(OC)c(OC)c1)NC(C)C(C)C.I. The molecule has 6 heteroatoms. The highest BCUT2D eigenvalue weighted by molar-refractivity contribution is 14.0. The van der Waals surface area contributed by atoms with E-state index in [1.165, 1.54) is 0 Å². The van der Waals surface area contributed by atoms with Crippen LogP contribution in [0.1, 0.15) is 33.3 Å². The fraction of sp³-hybridized carbons (Fsp3) is 0.588. The molecule has 0 spiro atoms. The van der Waals surface area contributed by atoms with Crippen LogP contribution < -0.4 is 20.1 Å². The maximum absolute atomic E-state index is 5.32. The van der Waals surface area contributed by atoms with Crippen molar-refractivity contribution in [2.24, 2.45) is 10.9 Å². The van der Waals surface area contributed by atoms with E-state index in [1.807, 2.05) is 18.2 Å². The lowest BCUT2D eigenvalue weighted by atomic mass is 10.1. The lowest BCUT2D eigenvalue weighted by Gasteiger charge is -2.20. The zero-order valence-electron chi connectivity index (χ0n) is 15.0. The molecule has 0 heterocycles. The summed E-state index contributed by atoms with van der Waals surface area (Å²) in [5, 5.41) is 6.69. The van der Waals surface area contributed by atoms with Crippen LogP contribution in [-0.2, 0) is 6.54 Å². The smallest absolute Gasteiger partial charge is 0.191 e. The van der Waals surface area contributed by atoms with Crippen molar-refractivity contribution in [2.45, 2.75) is 40.3 Å². The Morgan fingerprint density at radius 1 is 1.13 bits per heavy atom. The number of benzene rings is 1. The number of methoxy groups -OCH3 is 2. The number of ether oxygens (including phenoxy) is 2. The summed E-state index contributed by atoms with van der Waals surface area (Å²) in [7, 11) is 3.27. The molecule has 0 bridgehead atoms. The van der Waals surface area contributed by atoms with E-state index in [0.29, 0.717) is 18.5 Å². The fourth-order valence-corrected chi connectivity index (χ4v) is 1.85. The molecule has 0 saturated heterocycles. The van der Waals surface area contributed by atoms with Crippen molar-refractivity contribution in [2.75, 3.05) is 20.8 Å². The number of nitrogens with one attached hydrogen (secondary N) is 2. The summed E-state index contributed by atoms with van der Waals surface area (Å²) in [6.07, 6.45) is 0. The second-order valence-corrected chi connectivity index (χ2v) is 5.56. The first kappa shape index (κ1) is 21.8. The topological polar surface area (TPSA) is 54.9 Å². The van der Waals surface area contributed by atoms with Crippen molar-refractivity contribution >= 4 is 29.9 Å². The van der Waals surface area contributed by atoms with Gasteiger partial charge in [-0.05, 0) is 37.5 Å². The summed E-state index contributed by atoms with van der Waals surface area (Å²) in [4.78, 5) is 4.64. The van der Waals surface area contributed by atoms with Gasteiger partial charge in [-0.2, -0.15) is 0 Å². The normalized spacial score (nSPS) is 12.4. The molecule has 1 aromatic carbocycles. The van der Waals surface area contributed by atoms with E-state index in [9.17, 15) is 0 Å². The number of nitrogens with zero attached hydrogens (tertiary/aromatic N) is 1. The van der Waals surface area contributed by atoms with Gasteiger partial charge in [-0.1, -0.05) is 19.9 Å². The minimum absolute atomic E-state index is 0. The minimum Gasteiger partial charge on any atom is -0.493 e. The van der Waals surface area contributed by atoms with E-state index in [1.54, 1.807) is 14.2 Å². The number of guanidine groups is 1. The summed E-state index contributed by atoms with van der Waals surface area (Å²) in [5.74, 6) is 2.83. The quantitative estimate of drug-likeness (QED) is 0.392. The Balaban J connectivity index is 0.00000484. The first-order chi connectivity index (χ1) is 10.5. The molecule has 1 unspecified atom stereocenters. The molecule has 0 radical (unpaired) electrons. The van der Waals surface area contributed by atoms with Gasteiger partial charge in [0.1, 0.15) is 0 Å². The van der Waals surface area contributed by atoms with Gasteiger partial charge in [0.25, 0.3) is 0 Å². The Kier molecular flexibility index (Phi) is 10.8. The van der Waals surface area contributed by atoms with Crippen LogP contribution in [0.2, 0.25) is 0 Å². The second kappa shape index (κ2) is 11.4. The van der Waals surface area contributed by atoms with Gasteiger partial charge < -0.3 is 20.1 Å². The zero-order chi connectivity index (χ0) is 16.5. The Morgan fingerprint density at radius 2 is 1.78 bits per heavy atom. The highest BCUT2D eigenvalue weighted by atomic mass is 127. The molecular formula is C17H30IN3O2. The minimum atomic E-state index is 0. The molecular weight excluding hydrogens is 405 g/mol. The maximum Gasteiger partial charge on any atom is 0.191 e. The summed E-state index contributed by atoms with van der Waals surface area (Å²) in [5.41, 5.74) is 1.08. The number of hydrogen-bond acceptors (Lipinski definition) is 3. The van der Waals surface area contributed by atoms with Crippen LogP contribution in [0.4, 0.5) is 0 Å². The molecule has 23 heavy (non-hydrogen) atoms. The van der Waals surface area contributed by atoms with Gasteiger partial charge in [0.05, 0.1) is 20.8 Å². The monoisotopic (exact) mass is 435 g/mol. The Morgan fingerprint density at radius 3 is 2.30 bits per heavy atom. The molecule has 1 aromatic rings. The van der Waals surface area contributed by atoms with Crippen molar-refractivity contribution < 1.29 is 9.47 Å². The molecule has 0 saturated carbocycles. The molecule has 0 amide bonds. The number of halogens is 1. The predicted octanol–water partition coefficient (Wildman–Crippen LogP) is 3.42. The Labute approximate surface area is 157 Å². The van der Waals surface area contributed by atoms with Crippen molar-refractivity contribution in [1.82, 2.24) is 10.6 Å². The molecule has 1 atom stereocenters. The summed E-state index contributed by atoms with van der Waals surface area (Å²) in [6.45, 7) is 10.0. The van der Waals surface area contributed by atoms with Crippen LogP contribution in [0.5, 0.6) is 11.5 Å². The van der Waals surface area contributed by atoms with E-state index >= 15 is 0 Å². The van der Waals surface area contributed by atoms with Crippen LogP contribution in [0.25, 0.3) is 0 Å². The van der Waals surface area contributed by atoms with Crippen LogP contribution in [-0.4, -0.2) is 32.8 Å².